The summed E-state index contributed by atoms with van der Waals surface area (Å²) in [5, 5.41) is 3.50. The lowest BCUT2D eigenvalue weighted by molar-refractivity contribution is 0.0938. The van der Waals surface area contributed by atoms with Crippen molar-refractivity contribution in [1.82, 2.24) is 10.2 Å². The number of benzene rings is 2. The number of methoxy groups -OCH3 is 2. The summed E-state index contributed by atoms with van der Waals surface area (Å²) in [6, 6.07) is 13.1. The molecule has 1 aliphatic heterocycles. The number of carbonyl (C=O) groups excluding carboxylic acids is 1. The molecule has 1 aliphatic rings. The molecule has 0 aromatic heterocycles. The highest BCUT2D eigenvalue weighted by molar-refractivity contribution is 6.33. The zero-order chi connectivity index (χ0) is 19.2. The molecule has 2 aromatic carbocycles. The molecule has 27 heavy (non-hydrogen) atoms. The zero-order valence-electron chi connectivity index (χ0n) is 15.7. The van der Waals surface area contributed by atoms with Gasteiger partial charge in [-0.05, 0) is 55.8 Å². The average molecular weight is 389 g/mol. The van der Waals surface area contributed by atoms with Gasteiger partial charge in [0.15, 0.2) is 11.5 Å². The summed E-state index contributed by atoms with van der Waals surface area (Å²) in [6.45, 7) is 2.53. The minimum Gasteiger partial charge on any atom is -0.493 e. The molecule has 1 unspecified atom stereocenters. The Balaban J connectivity index is 1.80. The predicted octanol–water partition coefficient (Wildman–Crippen LogP) is 3.92. The monoisotopic (exact) mass is 388 g/mol. The van der Waals surface area contributed by atoms with E-state index in [0.717, 1.165) is 18.7 Å². The van der Waals surface area contributed by atoms with Gasteiger partial charge in [0.05, 0.1) is 30.8 Å². The van der Waals surface area contributed by atoms with Crippen molar-refractivity contribution >= 4 is 17.5 Å². The molecule has 1 amide bonds. The molecule has 1 atom stereocenters. The number of nitrogens with one attached hydrogen (secondary N) is 1. The van der Waals surface area contributed by atoms with Crippen LogP contribution >= 0.6 is 11.6 Å². The van der Waals surface area contributed by atoms with Gasteiger partial charge >= 0.3 is 0 Å². The summed E-state index contributed by atoms with van der Waals surface area (Å²) >= 11 is 6.15. The first-order valence-corrected chi connectivity index (χ1v) is 9.50. The van der Waals surface area contributed by atoms with Crippen LogP contribution in [0.2, 0.25) is 5.02 Å². The SMILES string of the molecule is COc1ccc(C(CNC(=O)c2ccccc2Cl)N2CCCC2)cc1OC. The van der Waals surface area contributed by atoms with Gasteiger partial charge in [0, 0.05) is 6.54 Å². The normalized spacial score (nSPS) is 15.4. The van der Waals surface area contributed by atoms with Crippen LogP contribution in [0, 0.1) is 0 Å². The topological polar surface area (TPSA) is 50.8 Å². The lowest BCUT2D eigenvalue weighted by atomic mass is 10.0. The Bertz CT molecular complexity index is 791. The highest BCUT2D eigenvalue weighted by Crippen LogP contribution is 2.33. The Morgan fingerprint density at radius 2 is 1.81 bits per heavy atom. The maximum atomic E-state index is 12.6. The highest BCUT2D eigenvalue weighted by Gasteiger charge is 2.25. The molecule has 1 N–H and O–H groups in total. The first kappa shape index (κ1) is 19.5. The van der Waals surface area contributed by atoms with Gasteiger partial charge in [0.2, 0.25) is 0 Å². The first-order chi connectivity index (χ1) is 13.1. The van der Waals surface area contributed by atoms with Gasteiger partial charge in [0.1, 0.15) is 0 Å². The zero-order valence-corrected chi connectivity index (χ0v) is 16.5. The molecule has 0 bridgehead atoms. The van der Waals surface area contributed by atoms with Crippen LogP contribution in [-0.4, -0.2) is 44.7 Å². The number of ether oxygens (including phenoxy) is 2. The van der Waals surface area contributed by atoms with Crippen molar-refractivity contribution in [2.75, 3.05) is 33.9 Å². The highest BCUT2D eigenvalue weighted by atomic mass is 35.5. The minimum absolute atomic E-state index is 0.0683. The molecule has 6 heteroatoms. The van der Waals surface area contributed by atoms with Crippen LogP contribution in [0.4, 0.5) is 0 Å². The molecule has 1 fully saturated rings. The average Bonchev–Trinajstić information content (AvgIpc) is 3.22. The molecular formula is C21H25ClN2O3. The van der Waals surface area contributed by atoms with E-state index in [1.165, 1.54) is 12.8 Å². The molecule has 0 aliphatic carbocycles. The maximum absolute atomic E-state index is 12.6. The predicted molar refractivity (Wildman–Crippen MR) is 107 cm³/mol. The van der Waals surface area contributed by atoms with E-state index < -0.39 is 0 Å². The fraction of sp³-hybridized carbons (Fsp3) is 0.381. The third-order valence-corrected chi connectivity index (χ3v) is 5.28. The number of rotatable bonds is 7. The quantitative estimate of drug-likeness (QED) is 0.780. The summed E-state index contributed by atoms with van der Waals surface area (Å²) in [5.41, 5.74) is 1.58. The van der Waals surface area contributed by atoms with E-state index in [2.05, 4.69) is 10.2 Å². The molecule has 144 valence electrons. The van der Waals surface area contributed by atoms with Crippen molar-refractivity contribution in [3.8, 4) is 11.5 Å². The molecule has 0 radical (unpaired) electrons. The number of likely N-dealkylation sites (tertiary alicyclic amines) is 1. The number of halogens is 1. The van der Waals surface area contributed by atoms with Gasteiger partial charge < -0.3 is 14.8 Å². The molecule has 5 nitrogen and oxygen atoms in total. The van der Waals surface area contributed by atoms with Crippen molar-refractivity contribution in [1.29, 1.82) is 0 Å². The Kier molecular flexibility index (Phi) is 6.58. The lowest BCUT2D eigenvalue weighted by Gasteiger charge is -2.28. The maximum Gasteiger partial charge on any atom is 0.252 e. The number of hydrogen-bond acceptors (Lipinski definition) is 4. The molecule has 1 heterocycles. The molecular weight excluding hydrogens is 364 g/mol. The van der Waals surface area contributed by atoms with Gasteiger partial charge in [-0.3, -0.25) is 9.69 Å². The molecule has 2 aromatic rings. The van der Waals surface area contributed by atoms with Crippen molar-refractivity contribution in [3.63, 3.8) is 0 Å². The van der Waals surface area contributed by atoms with Crippen molar-refractivity contribution in [2.45, 2.75) is 18.9 Å². The first-order valence-electron chi connectivity index (χ1n) is 9.12. The Morgan fingerprint density at radius 1 is 1.11 bits per heavy atom. The summed E-state index contributed by atoms with van der Waals surface area (Å²) in [7, 11) is 3.25. The summed E-state index contributed by atoms with van der Waals surface area (Å²) < 4.78 is 10.8. The van der Waals surface area contributed by atoms with Gasteiger partial charge in [-0.25, -0.2) is 0 Å². The van der Waals surface area contributed by atoms with Crippen LogP contribution in [0.25, 0.3) is 0 Å². The molecule has 3 rings (SSSR count). The number of amides is 1. The number of hydrogen-bond donors (Lipinski definition) is 1. The Hall–Kier alpha value is -2.24. The van der Waals surface area contributed by atoms with E-state index in [1.807, 2.05) is 30.3 Å². The smallest absolute Gasteiger partial charge is 0.252 e. The third kappa shape index (κ3) is 4.54. The van der Waals surface area contributed by atoms with Crippen LogP contribution in [0.1, 0.15) is 34.8 Å². The second-order valence-corrected chi connectivity index (χ2v) is 6.97. The van der Waals surface area contributed by atoms with Crippen molar-refractivity contribution in [3.05, 3.63) is 58.6 Å². The second kappa shape index (κ2) is 9.11. The fourth-order valence-electron chi connectivity index (χ4n) is 3.50. The summed E-state index contributed by atoms with van der Waals surface area (Å²) in [6.07, 6.45) is 2.34. The van der Waals surface area contributed by atoms with Gasteiger partial charge in [-0.1, -0.05) is 29.8 Å². The minimum atomic E-state index is -0.162. The van der Waals surface area contributed by atoms with Crippen LogP contribution in [0.3, 0.4) is 0 Å². The second-order valence-electron chi connectivity index (χ2n) is 6.56. The standard InChI is InChI=1S/C21H25ClN2O3/c1-26-19-10-9-15(13-20(19)27-2)18(24-11-5-6-12-24)14-23-21(25)16-7-3-4-8-17(16)22/h3-4,7-10,13,18H,5-6,11-12,14H2,1-2H3,(H,23,25). The number of carbonyl (C=O) groups is 1. The van der Waals surface area contributed by atoms with E-state index in [9.17, 15) is 4.79 Å². The third-order valence-electron chi connectivity index (χ3n) is 4.95. The van der Waals surface area contributed by atoms with E-state index in [1.54, 1.807) is 26.4 Å². The van der Waals surface area contributed by atoms with Gasteiger partial charge in [-0.2, -0.15) is 0 Å². The van der Waals surface area contributed by atoms with Crippen LogP contribution in [0.15, 0.2) is 42.5 Å². The van der Waals surface area contributed by atoms with Gasteiger partial charge in [-0.15, -0.1) is 0 Å². The Labute approximate surface area is 165 Å². The van der Waals surface area contributed by atoms with Crippen LogP contribution in [-0.2, 0) is 0 Å². The van der Waals surface area contributed by atoms with E-state index in [4.69, 9.17) is 21.1 Å². The molecule has 0 saturated carbocycles. The van der Waals surface area contributed by atoms with Gasteiger partial charge in [0.25, 0.3) is 5.91 Å². The summed E-state index contributed by atoms with van der Waals surface area (Å²) in [5.74, 6) is 1.23. The van der Waals surface area contributed by atoms with Crippen LogP contribution < -0.4 is 14.8 Å². The fourth-order valence-corrected chi connectivity index (χ4v) is 3.72. The van der Waals surface area contributed by atoms with Crippen molar-refractivity contribution in [2.24, 2.45) is 0 Å². The number of nitrogens with zero attached hydrogens (tertiary/aromatic N) is 1. The Morgan fingerprint density at radius 3 is 2.48 bits per heavy atom. The molecule has 0 spiro atoms. The van der Waals surface area contributed by atoms with E-state index in [0.29, 0.717) is 28.6 Å². The van der Waals surface area contributed by atoms with E-state index in [-0.39, 0.29) is 11.9 Å². The lowest BCUT2D eigenvalue weighted by Crippen LogP contribution is -2.36. The van der Waals surface area contributed by atoms with E-state index >= 15 is 0 Å². The van der Waals surface area contributed by atoms with Crippen LogP contribution in [0.5, 0.6) is 11.5 Å². The largest absolute Gasteiger partial charge is 0.493 e. The molecule has 1 saturated heterocycles. The summed E-state index contributed by atoms with van der Waals surface area (Å²) in [4.78, 5) is 15.0. The van der Waals surface area contributed by atoms with Crippen molar-refractivity contribution < 1.29 is 14.3 Å².